The minimum absolute atomic E-state index is 0.0368. The zero-order valence-corrected chi connectivity index (χ0v) is 19.4. The smallest absolute Gasteiger partial charge is 0.274 e. The number of benzene rings is 2. The van der Waals surface area contributed by atoms with E-state index in [4.69, 9.17) is 9.84 Å². The highest BCUT2D eigenvalue weighted by Gasteiger charge is 2.32. The number of morpholine rings is 1. The molecule has 6 nitrogen and oxygen atoms in total. The summed E-state index contributed by atoms with van der Waals surface area (Å²) in [6, 6.07) is 15.5. The molecule has 2 heterocycles. The first-order valence-corrected chi connectivity index (χ1v) is 11.9. The van der Waals surface area contributed by atoms with Gasteiger partial charge < -0.3 is 9.64 Å². The number of allylic oxidation sites excluding steroid dienone is 1. The molecule has 5 rings (SSSR count). The quantitative estimate of drug-likeness (QED) is 0.544. The molecule has 0 N–H and O–H groups in total. The van der Waals surface area contributed by atoms with E-state index in [2.05, 4.69) is 61.0 Å². The highest BCUT2D eigenvalue weighted by Crippen LogP contribution is 2.30. The Labute approximate surface area is 195 Å². The Kier molecular flexibility index (Phi) is 6.29. The van der Waals surface area contributed by atoms with Crippen molar-refractivity contribution in [2.24, 2.45) is 0 Å². The highest BCUT2D eigenvalue weighted by atomic mass is 16.5. The maximum absolute atomic E-state index is 13.4. The number of hydrogen-bond donors (Lipinski definition) is 0. The number of amides is 1. The number of nitrogens with zero attached hydrogens (tertiary/aromatic N) is 4. The van der Waals surface area contributed by atoms with Crippen molar-refractivity contribution in [2.45, 2.75) is 38.4 Å². The highest BCUT2D eigenvalue weighted by molar-refractivity contribution is 5.94. The molecule has 1 saturated heterocycles. The third-order valence-corrected chi connectivity index (χ3v) is 7.05. The van der Waals surface area contributed by atoms with Gasteiger partial charge in [-0.1, -0.05) is 48.5 Å². The maximum Gasteiger partial charge on any atom is 0.274 e. The van der Waals surface area contributed by atoms with Crippen molar-refractivity contribution in [3.8, 4) is 0 Å². The summed E-state index contributed by atoms with van der Waals surface area (Å²) >= 11 is 0. The van der Waals surface area contributed by atoms with Gasteiger partial charge in [0.25, 0.3) is 5.91 Å². The Morgan fingerprint density at radius 1 is 1.21 bits per heavy atom. The Morgan fingerprint density at radius 3 is 2.82 bits per heavy atom. The number of carbonyl (C=O) groups is 1. The number of likely N-dealkylation sites (N-methyl/N-ethyl adjacent to an activating group) is 1. The molecule has 6 heteroatoms. The Bertz CT molecular complexity index is 1160. The van der Waals surface area contributed by atoms with Gasteiger partial charge in [-0.3, -0.25) is 14.4 Å². The molecule has 33 heavy (non-hydrogen) atoms. The molecule has 1 atom stereocenters. The summed E-state index contributed by atoms with van der Waals surface area (Å²) in [4.78, 5) is 17.7. The Hall–Kier alpha value is -2.96. The molecule has 0 unspecified atom stereocenters. The van der Waals surface area contributed by atoms with Gasteiger partial charge in [-0.2, -0.15) is 5.10 Å². The molecule has 1 fully saturated rings. The van der Waals surface area contributed by atoms with E-state index >= 15 is 0 Å². The van der Waals surface area contributed by atoms with Gasteiger partial charge in [0.15, 0.2) is 5.69 Å². The number of hydrogen-bond acceptors (Lipinski definition) is 4. The van der Waals surface area contributed by atoms with Crippen LogP contribution < -0.4 is 0 Å². The van der Waals surface area contributed by atoms with Crippen LogP contribution in [0.3, 0.4) is 0 Å². The molecule has 1 aromatic heterocycles. The molecular formula is C27H32N4O2. The fourth-order valence-corrected chi connectivity index (χ4v) is 5.24. The second kappa shape index (κ2) is 9.49. The van der Waals surface area contributed by atoms with Crippen molar-refractivity contribution in [1.82, 2.24) is 19.6 Å². The van der Waals surface area contributed by atoms with E-state index in [1.807, 2.05) is 15.7 Å². The molecule has 172 valence electrons. The lowest BCUT2D eigenvalue weighted by atomic mass is 9.89. The third kappa shape index (κ3) is 4.33. The van der Waals surface area contributed by atoms with Crippen LogP contribution in [-0.2, 0) is 30.7 Å². The van der Waals surface area contributed by atoms with E-state index in [0.717, 1.165) is 31.4 Å². The predicted octanol–water partition coefficient (Wildman–Crippen LogP) is 3.68. The van der Waals surface area contributed by atoms with Crippen molar-refractivity contribution in [3.05, 3.63) is 77.6 Å². The average molecular weight is 445 g/mol. The lowest BCUT2D eigenvalue weighted by Crippen LogP contribution is -2.42. The standard InChI is InChI=1S/C27H32N4O2/c1-3-13-31-25-12-11-22(18-24(25)26(28-31)27(32)30-14-16-33-17-15-30)29(2)19-21-9-6-8-20-7-4-5-10-23(20)21/h3-10,22H,1,11-19H2,2H3/t22-/m0/s1. The minimum atomic E-state index is 0.0368. The summed E-state index contributed by atoms with van der Waals surface area (Å²) in [7, 11) is 2.20. The summed E-state index contributed by atoms with van der Waals surface area (Å²) < 4.78 is 7.42. The largest absolute Gasteiger partial charge is 0.378 e. The first-order valence-electron chi connectivity index (χ1n) is 11.9. The van der Waals surface area contributed by atoms with Crippen LogP contribution in [0.25, 0.3) is 10.8 Å². The normalized spacial score (nSPS) is 18.5. The average Bonchev–Trinajstić information content (AvgIpc) is 3.22. The molecule has 2 aromatic carbocycles. The van der Waals surface area contributed by atoms with Crippen LogP contribution in [0.5, 0.6) is 0 Å². The van der Waals surface area contributed by atoms with Gasteiger partial charge in [-0.25, -0.2) is 0 Å². The second-order valence-corrected chi connectivity index (χ2v) is 9.10. The number of rotatable bonds is 6. The first-order chi connectivity index (χ1) is 16.2. The van der Waals surface area contributed by atoms with Crippen LogP contribution in [-0.4, -0.2) is 64.9 Å². The second-order valence-electron chi connectivity index (χ2n) is 9.10. The van der Waals surface area contributed by atoms with Gasteiger partial charge in [0.05, 0.1) is 19.8 Å². The van der Waals surface area contributed by atoms with E-state index in [1.165, 1.54) is 22.0 Å². The summed E-state index contributed by atoms with van der Waals surface area (Å²) in [6.45, 7) is 7.85. The van der Waals surface area contributed by atoms with Gasteiger partial charge in [0.2, 0.25) is 0 Å². The van der Waals surface area contributed by atoms with Gasteiger partial charge in [0, 0.05) is 36.9 Å². The molecule has 0 radical (unpaired) electrons. The zero-order valence-electron chi connectivity index (χ0n) is 19.4. The summed E-state index contributed by atoms with van der Waals surface area (Å²) in [6.07, 6.45) is 4.69. The summed E-state index contributed by atoms with van der Waals surface area (Å²) in [5.41, 5.74) is 4.28. The molecule has 0 saturated carbocycles. The van der Waals surface area contributed by atoms with E-state index < -0.39 is 0 Å². The zero-order chi connectivity index (χ0) is 22.8. The van der Waals surface area contributed by atoms with Crippen molar-refractivity contribution < 1.29 is 9.53 Å². The van der Waals surface area contributed by atoms with Crippen LogP contribution in [0.2, 0.25) is 0 Å². The van der Waals surface area contributed by atoms with Gasteiger partial charge >= 0.3 is 0 Å². The van der Waals surface area contributed by atoms with Crippen molar-refractivity contribution in [2.75, 3.05) is 33.4 Å². The molecule has 3 aromatic rings. The lowest BCUT2D eigenvalue weighted by molar-refractivity contribution is 0.0297. The first kappa shape index (κ1) is 21.9. The fraction of sp³-hybridized carbons (Fsp3) is 0.407. The molecule has 2 aliphatic rings. The summed E-state index contributed by atoms with van der Waals surface area (Å²) in [5.74, 6) is 0.0368. The van der Waals surface area contributed by atoms with E-state index in [1.54, 1.807) is 0 Å². The maximum atomic E-state index is 13.4. The number of ether oxygens (including phenoxy) is 1. The van der Waals surface area contributed by atoms with Crippen LogP contribution in [0.4, 0.5) is 0 Å². The van der Waals surface area contributed by atoms with E-state index in [9.17, 15) is 4.79 Å². The number of aromatic nitrogens is 2. The SMILES string of the molecule is C=CCn1nc(C(=O)N2CCOCC2)c2c1CC[C@H](N(C)Cc1cccc3ccccc13)C2. The fourth-order valence-electron chi connectivity index (χ4n) is 5.24. The number of carbonyl (C=O) groups excluding carboxylic acids is 1. The lowest BCUT2D eigenvalue weighted by Gasteiger charge is -2.32. The number of fused-ring (bicyclic) bond motifs is 2. The topological polar surface area (TPSA) is 50.6 Å². The van der Waals surface area contributed by atoms with Crippen molar-refractivity contribution in [1.29, 1.82) is 0 Å². The van der Waals surface area contributed by atoms with E-state index in [0.29, 0.717) is 44.6 Å². The predicted molar refractivity (Wildman–Crippen MR) is 130 cm³/mol. The van der Waals surface area contributed by atoms with Gasteiger partial charge in [-0.05, 0) is 42.6 Å². The third-order valence-electron chi connectivity index (χ3n) is 7.05. The van der Waals surface area contributed by atoms with Crippen LogP contribution in [0, 0.1) is 0 Å². The van der Waals surface area contributed by atoms with Crippen LogP contribution in [0.15, 0.2) is 55.1 Å². The van der Waals surface area contributed by atoms with Gasteiger partial charge in [0.1, 0.15) is 0 Å². The van der Waals surface area contributed by atoms with Crippen LogP contribution >= 0.6 is 0 Å². The Balaban J connectivity index is 1.39. The van der Waals surface area contributed by atoms with Gasteiger partial charge in [-0.15, -0.1) is 6.58 Å². The monoisotopic (exact) mass is 444 g/mol. The molecule has 1 aliphatic heterocycles. The Morgan fingerprint density at radius 2 is 2.00 bits per heavy atom. The van der Waals surface area contributed by atoms with E-state index in [-0.39, 0.29) is 5.91 Å². The molecule has 0 bridgehead atoms. The molecule has 1 amide bonds. The molecular weight excluding hydrogens is 412 g/mol. The van der Waals surface area contributed by atoms with Crippen molar-refractivity contribution in [3.63, 3.8) is 0 Å². The molecule has 1 aliphatic carbocycles. The minimum Gasteiger partial charge on any atom is -0.378 e. The van der Waals surface area contributed by atoms with Crippen LogP contribution in [0.1, 0.15) is 33.7 Å². The molecule has 0 spiro atoms. The summed E-state index contributed by atoms with van der Waals surface area (Å²) in [5, 5.41) is 7.36. The van der Waals surface area contributed by atoms with Crippen molar-refractivity contribution >= 4 is 16.7 Å².